The number of ether oxygens (including phenoxy) is 2. The van der Waals surface area contributed by atoms with Crippen LogP contribution >= 0.6 is 0 Å². The largest absolute Gasteiger partial charge is 0.492 e. The number of aromatic nitrogens is 3. The van der Waals surface area contributed by atoms with Crippen molar-refractivity contribution < 1.29 is 27.4 Å². The van der Waals surface area contributed by atoms with Crippen LogP contribution in [0.5, 0.6) is 5.75 Å². The monoisotopic (exact) mass is 538 g/mol. The number of aryl methyl sites for hydroxylation is 1. The predicted octanol–water partition coefficient (Wildman–Crippen LogP) is 6.10. The van der Waals surface area contributed by atoms with E-state index in [1.807, 2.05) is 26.1 Å². The van der Waals surface area contributed by atoms with Gasteiger partial charge in [0, 0.05) is 48.4 Å². The molecule has 2 aromatic carbocycles. The highest BCUT2D eigenvalue weighted by molar-refractivity contribution is 5.92. The number of benzene rings is 2. The van der Waals surface area contributed by atoms with Crippen LogP contribution in [0.1, 0.15) is 23.6 Å². The summed E-state index contributed by atoms with van der Waals surface area (Å²) in [7, 11) is 1.65. The molecule has 39 heavy (non-hydrogen) atoms. The zero-order chi connectivity index (χ0) is 28.0. The van der Waals surface area contributed by atoms with Gasteiger partial charge in [-0.05, 0) is 42.3 Å². The number of pyridine rings is 1. The average molecular weight is 539 g/mol. The number of nitrogens with zero attached hydrogens (tertiary/aromatic N) is 3. The minimum atomic E-state index is -4.47. The fraction of sp³-hybridized carbons (Fsp3) is 0.276. The maximum atomic E-state index is 13.0. The molecule has 7 nitrogen and oxygen atoms in total. The molecule has 1 N–H and O–H groups in total. The van der Waals surface area contributed by atoms with Crippen LogP contribution in [0, 0.1) is 12.8 Å². The minimum absolute atomic E-state index is 0.189. The molecule has 0 saturated carbocycles. The smallest absolute Gasteiger partial charge is 0.416 e. The molecule has 4 rings (SSSR count). The Labute approximate surface area is 224 Å². The van der Waals surface area contributed by atoms with Gasteiger partial charge >= 0.3 is 6.18 Å². The molecule has 1 unspecified atom stereocenters. The number of nitrogens with one attached hydrogen (secondary N) is 1. The summed E-state index contributed by atoms with van der Waals surface area (Å²) < 4.78 is 51.9. The second-order valence-corrected chi connectivity index (χ2v) is 9.34. The summed E-state index contributed by atoms with van der Waals surface area (Å²) in [6.45, 7) is 5.03. The third kappa shape index (κ3) is 7.23. The van der Waals surface area contributed by atoms with E-state index in [1.54, 1.807) is 48.6 Å². The van der Waals surface area contributed by atoms with Gasteiger partial charge in [-0.15, -0.1) is 0 Å². The fourth-order valence-electron chi connectivity index (χ4n) is 4.06. The molecule has 10 heteroatoms. The summed E-state index contributed by atoms with van der Waals surface area (Å²) >= 11 is 0. The van der Waals surface area contributed by atoms with Gasteiger partial charge in [0.25, 0.3) is 0 Å². The number of halogens is 3. The summed E-state index contributed by atoms with van der Waals surface area (Å²) in [5, 5.41) is 7.27. The summed E-state index contributed by atoms with van der Waals surface area (Å²) in [4.78, 5) is 16.8. The third-order valence-electron chi connectivity index (χ3n) is 6.01. The second-order valence-electron chi connectivity index (χ2n) is 9.34. The Balaban J connectivity index is 1.50. The molecule has 0 saturated heterocycles. The van der Waals surface area contributed by atoms with E-state index >= 15 is 0 Å². The summed E-state index contributed by atoms with van der Waals surface area (Å²) in [5.74, 6) is 0.470. The van der Waals surface area contributed by atoms with Gasteiger partial charge in [-0.25, -0.2) is 4.68 Å². The van der Waals surface area contributed by atoms with Crippen LogP contribution in [0.2, 0.25) is 0 Å². The number of rotatable bonds is 10. The van der Waals surface area contributed by atoms with Crippen molar-refractivity contribution in [1.82, 2.24) is 14.8 Å². The first-order chi connectivity index (χ1) is 18.6. The molecule has 204 valence electrons. The molecule has 0 aliphatic carbocycles. The van der Waals surface area contributed by atoms with Gasteiger partial charge in [0.2, 0.25) is 5.91 Å². The van der Waals surface area contributed by atoms with Gasteiger partial charge in [0.1, 0.15) is 5.75 Å². The first kappa shape index (κ1) is 27.8. The lowest BCUT2D eigenvalue weighted by Gasteiger charge is -2.14. The molecular weight excluding hydrogens is 509 g/mol. The minimum Gasteiger partial charge on any atom is -0.492 e. The number of amides is 1. The molecule has 4 aromatic rings. The van der Waals surface area contributed by atoms with E-state index in [9.17, 15) is 18.0 Å². The maximum Gasteiger partial charge on any atom is 0.416 e. The summed E-state index contributed by atoms with van der Waals surface area (Å²) in [6, 6.07) is 11.9. The van der Waals surface area contributed by atoms with Crippen molar-refractivity contribution in [2.75, 3.05) is 25.6 Å². The molecule has 1 amide bonds. The fourth-order valence-corrected chi connectivity index (χ4v) is 4.06. The van der Waals surface area contributed by atoms with Crippen molar-refractivity contribution in [1.29, 1.82) is 0 Å². The first-order valence-electron chi connectivity index (χ1n) is 12.3. The summed E-state index contributed by atoms with van der Waals surface area (Å²) in [6.07, 6.45) is 2.28. The Kier molecular flexibility index (Phi) is 8.65. The van der Waals surface area contributed by atoms with Crippen molar-refractivity contribution in [2.24, 2.45) is 5.92 Å². The van der Waals surface area contributed by atoms with Crippen LogP contribution in [0.3, 0.4) is 0 Å². The number of alkyl halides is 3. The highest BCUT2D eigenvalue weighted by atomic mass is 19.4. The molecule has 1 atom stereocenters. The quantitative estimate of drug-likeness (QED) is 0.264. The van der Waals surface area contributed by atoms with Crippen molar-refractivity contribution in [2.45, 2.75) is 26.4 Å². The Morgan fingerprint density at radius 1 is 1.10 bits per heavy atom. The van der Waals surface area contributed by atoms with Gasteiger partial charge in [-0.2, -0.15) is 18.3 Å². The first-order valence-corrected chi connectivity index (χ1v) is 12.3. The van der Waals surface area contributed by atoms with Crippen LogP contribution in [-0.2, 0) is 22.1 Å². The van der Waals surface area contributed by atoms with Crippen LogP contribution in [0.15, 0.2) is 73.3 Å². The van der Waals surface area contributed by atoms with E-state index in [0.29, 0.717) is 24.7 Å². The maximum absolute atomic E-state index is 13.0. The Morgan fingerprint density at radius 3 is 2.69 bits per heavy atom. The SMILES string of the molecule is COCC(C)COc1ccncc1-c1cnn(-c2cc(NC(=O)Cc3cccc(C(F)(F)F)c3)ccc2C)c1. The lowest BCUT2D eigenvalue weighted by atomic mass is 10.1. The number of hydrogen-bond acceptors (Lipinski definition) is 5. The average Bonchev–Trinajstić information content (AvgIpc) is 3.38. The number of carbonyl (C=O) groups is 1. The molecule has 0 aliphatic rings. The van der Waals surface area contributed by atoms with Gasteiger partial charge < -0.3 is 14.8 Å². The zero-order valence-corrected chi connectivity index (χ0v) is 21.8. The molecule has 2 heterocycles. The van der Waals surface area contributed by atoms with E-state index in [-0.39, 0.29) is 17.9 Å². The van der Waals surface area contributed by atoms with Gasteiger partial charge in [-0.1, -0.05) is 31.2 Å². The predicted molar refractivity (Wildman–Crippen MR) is 142 cm³/mol. The van der Waals surface area contributed by atoms with Crippen molar-refractivity contribution in [3.63, 3.8) is 0 Å². The highest BCUT2D eigenvalue weighted by Gasteiger charge is 2.30. The Hall–Kier alpha value is -4.18. The van der Waals surface area contributed by atoms with Crippen molar-refractivity contribution in [3.05, 3.63) is 90.0 Å². The molecule has 0 aliphatic heterocycles. The zero-order valence-electron chi connectivity index (χ0n) is 21.8. The lowest BCUT2D eigenvalue weighted by Crippen LogP contribution is -2.15. The van der Waals surface area contributed by atoms with Crippen LogP contribution in [0.25, 0.3) is 16.8 Å². The molecular formula is C29H29F3N4O3. The highest BCUT2D eigenvalue weighted by Crippen LogP contribution is 2.31. The van der Waals surface area contributed by atoms with Crippen LogP contribution in [0.4, 0.5) is 18.9 Å². The Morgan fingerprint density at radius 2 is 1.92 bits per heavy atom. The van der Waals surface area contributed by atoms with E-state index in [0.717, 1.165) is 34.5 Å². The van der Waals surface area contributed by atoms with E-state index in [4.69, 9.17) is 9.47 Å². The second kappa shape index (κ2) is 12.1. The van der Waals surface area contributed by atoms with E-state index < -0.39 is 17.6 Å². The normalized spacial score (nSPS) is 12.3. The number of anilines is 1. The van der Waals surface area contributed by atoms with Crippen LogP contribution < -0.4 is 10.1 Å². The molecule has 0 bridgehead atoms. The van der Waals surface area contributed by atoms with E-state index in [1.165, 1.54) is 12.1 Å². The van der Waals surface area contributed by atoms with Gasteiger partial charge in [0.05, 0.1) is 37.1 Å². The third-order valence-corrected chi connectivity index (χ3v) is 6.01. The Bertz CT molecular complexity index is 1440. The lowest BCUT2D eigenvalue weighted by molar-refractivity contribution is -0.137. The number of carbonyl (C=O) groups excluding carboxylic acids is 1. The van der Waals surface area contributed by atoms with Gasteiger partial charge in [-0.3, -0.25) is 9.78 Å². The summed E-state index contributed by atoms with van der Waals surface area (Å²) in [5.41, 5.74) is 3.23. The topological polar surface area (TPSA) is 78.3 Å². The molecule has 0 fully saturated rings. The number of hydrogen-bond donors (Lipinski definition) is 1. The van der Waals surface area contributed by atoms with Gasteiger partial charge in [0.15, 0.2) is 0 Å². The van der Waals surface area contributed by atoms with Crippen molar-refractivity contribution in [3.8, 4) is 22.6 Å². The van der Waals surface area contributed by atoms with E-state index in [2.05, 4.69) is 15.4 Å². The van der Waals surface area contributed by atoms with Crippen molar-refractivity contribution >= 4 is 11.6 Å². The number of methoxy groups -OCH3 is 1. The standard InChI is InChI=1S/C29H29F3N4O3/c1-19(17-38-3)18-39-27-9-10-33-15-25(27)22-14-34-36(16-22)26-13-24(8-7-20(26)2)35-28(37)12-21-5-4-6-23(11-21)29(30,31)32/h4-11,13-16,19H,12,17-18H2,1-3H3,(H,35,37). The molecule has 0 radical (unpaired) electrons. The van der Waals surface area contributed by atoms with Crippen LogP contribution in [-0.4, -0.2) is 41.0 Å². The molecule has 0 spiro atoms. The molecule has 2 aromatic heterocycles.